The van der Waals surface area contributed by atoms with Crippen LogP contribution >= 0.6 is 0 Å². The molecule has 0 saturated heterocycles. The Balaban J connectivity index is 2.43. The Morgan fingerprint density at radius 3 is 1.11 bits per heavy atom. The van der Waals surface area contributed by atoms with Crippen molar-refractivity contribution in [3.8, 4) is 0 Å². The highest BCUT2D eigenvalue weighted by atomic mass is 16.2. The van der Waals surface area contributed by atoms with Crippen molar-refractivity contribution in [2.24, 2.45) is 50.1 Å². The molecule has 1 aromatic heterocycles. The number of primary amides is 1. The molecule has 0 aliphatic carbocycles. The molecule has 9 amide bonds. The van der Waals surface area contributed by atoms with Crippen molar-refractivity contribution in [1.29, 1.82) is 0 Å². The molecule has 0 aliphatic rings. The summed E-state index contributed by atoms with van der Waals surface area (Å²) < 4.78 is 0. The average Bonchev–Trinajstić information content (AvgIpc) is 1.68. The largest absolute Gasteiger partial charge is 0.370 e. The smallest absolute Gasteiger partial charge is 0.243 e. The van der Waals surface area contributed by atoms with Crippen LogP contribution in [0.3, 0.4) is 0 Å². The minimum absolute atomic E-state index is 0.0191. The lowest BCUT2D eigenvalue weighted by Gasteiger charge is -2.28. The number of H-pyrrole nitrogens is 1. The number of hydrogen-bond acceptors (Lipinski definition) is 14. The third-order valence-corrected chi connectivity index (χ3v) is 19.4. The van der Waals surface area contributed by atoms with E-state index in [-0.39, 0.29) is 114 Å². The molecule has 1 heterocycles. The Kier molecular flexibility index (Phi) is 54.3. The van der Waals surface area contributed by atoms with E-state index in [9.17, 15) is 47.9 Å². The second-order valence-corrected chi connectivity index (χ2v) is 29.0. The normalized spacial score (nSPS) is 13.2. The van der Waals surface area contributed by atoms with Gasteiger partial charge in [-0.2, -0.15) is 0 Å². The number of para-hydroxylation sites is 1. The topological polar surface area (TPSA) is 490 Å². The lowest BCUT2D eigenvalue weighted by atomic mass is 10.0. The summed E-state index contributed by atoms with van der Waals surface area (Å²) in [6.45, 7) is 6.75. The van der Waals surface area contributed by atoms with Crippen molar-refractivity contribution in [3.05, 3.63) is 36.0 Å². The van der Waals surface area contributed by atoms with Gasteiger partial charge >= 0.3 is 0 Å². The molecule has 0 aliphatic heterocycles. The Morgan fingerprint density at radius 2 is 0.720 bits per heavy atom. The van der Waals surface area contributed by atoms with Crippen molar-refractivity contribution in [1.82, 2.24) is 47.5 Å². The number of unbranched alkanes of at least 4 members (excludes halogenated alkanes) is 27. The number of carbonyl (C=O) groups is 10. The number of ketones is 1. The van der Waals surface area contributed by atoms with Gasteiger partial charge in [-0.05, 0) is 134 Å². The van der Waals surface area contributed by atoms with Crippen LogP contribution in [0.2, 0.25) is 0 Å². The van der Waals surface area contributed by atoms with Gasteiger partial charge in [0, 0.05) is 62.4 Å². The molecule has 0 radical (unpaired) electrons. The number of fused-ring (bicyclic) bond motifs is 1. The monoisotopic (exact) mass is 1500 g/mol. The quantitative estimate of drug-likeness (QED) is 0.0172. The predicted molar refractivity (Wildman–Crippen MR) is 428 cm³/mol. The van der Waals surface area contributed by atoms with E-state index in [2.05, 4.69) is 71.4 Å². The molecule has 0 saturated carbocycles. The molecular formula is C79H142N18O10. The number of hydrogen-bond donors (Lipinski definition) is 16. The second-order valence-electron chi connectivity index (χ2n) is 29.0. The fraction of sp³-hybridized carbons (Fsp3) is 0.747. The molecule has 0 spiro atoms. The van der Waals surface area contributed by atoms with E-state index in [0.29, 0.717) is 70.0 Å². The van der Waals surface area contributed by atoms with Crippen LogP contribution in [0.4, 0.5) is 0 Å². The first kappa shape index (κ1) is 95.2. The van der Waals surface area contributed by atoms with E-state index in [0.717, 1.165) is 55.8 Å². The fourth-order valence-electron chi connectivity index (χ4n) is 13.0. The summed E-state index contributed by atoms with van der Waals surface area (Å²) in [4.78, 5) is 151. The highest BCUT2D eigenvalue weighted by Crippen LogP contribution is 2.21. The Bertz CT molecular complexity index is 2900. The number of rotatable bonds is 68. The molecule has 28 heteroatoms. The maximum atomic E-state index is 14.9. The van der Waals surface area contributed by atoms with Gasteiger partial charge in [-0.25, -0.2) is 0 Å². The zero-order valence-corrected chi connectivity index (χ0v) is 65.6. The highest BCUT2D eigenvalue weighted by Gasteiger charge is 2.35. The molecule has 2 aromatic rings. The number of guanidine groups is 2. The van der Waals surface area contributed by atoms with E-state index in [1.165, 1.54) is 122 Å². The van der Waals surface area contributed by atoms with E-state index in [4.69, 9.17) is 40.1 Å². The zero-order chi connectivity index (χ0) is 78.7. The van der Waals surface area contributed by atoms with Gasteiger partial charge in [0.1, 0.15) is 36.3 Å². The Hall–Kier alpha value is -7.88. The maximum Gasteiger partial charge on any atom is 0.243 e. The second kappa shape index (κ2) is 61.1. The van der Waals surface area contributed by atoms with Gasteiger partial charge in [0.15, 0.2) is 17.7 Å². The number of benzene rings is 1. The van der Waals surface area contributed by atoms with Crippen LogP contribution in [0.5, 0.6) is 0 Å². The molecule has 7 atom stereocenters. The van der Waals surface area contributed by atoms with Crippen molar-refractivity contribution in [2.75, 3.05) is 32.7 Å². The van der Waals surface area contributed by atoms with Crippen LogP contribution in [0, 0.1) is 0 Å². The molecule has 107 heavy (non-hydrogen) atoms. The molecule has 1 aromatic carbocycles. The highest BCUT2D eigenvalue weighted by molar-refractivity contribution is 5.98. The van der Waals surface area contributed by atoms with Gasteiger partial charge in [-0.15, -0.1) is 0 Å². The van der Waals surface area contributed by atoms with Crippen molar-refractivity contribution in [2.45, 2.75) is 346 Å². The van der Waals surface area contributed by atoms with Gasteiger partial charge in [0.05, 0.1) is 6.04 Å². The first-order chi connectivity index (χ1) is 51.6. The molecule has 0 fully saturated rings. The first-order valence-corrected chi connectivity index (χ1v) is 40.9. The van der Waals surface area contributed by atoms with E-state index < -0.39 is 89.4 Å². The summed E-state index contributed by atoms with van der Waals surface area (Å²) >= 11 is 0. The standard InChI is InChI=1S/C79H142N18O10/c1-4-6-8-10-12-14-16-18-20-22-24-26-28-47-70(100)87-53-37-34-44-63(91-71(101)48-29-27-25-23-21-19-17-15-13-11-9-7-5-2)72(102)93-64(42-32-35-51-80)73(103)95-66(45-38-54-88-78(83)84)75(105)94-65(43-33-36-52-81)74(104)96-67(46-39-55-89-79(85)86)76(106)97-68(56-59-57-90-62-41-31-30-40-60(59)62)77(107)92-61(58(3)98)49-50-69(82)99/h30-31,40-41,57,61,63-68,90H,4-29,32-39,42-56,80-81H2,1-3H3,(H2,82,99)(H,87,100)(H,91,101)(H,92,107)(H,93,102)(H,94,105)(H,95,103)(H,96,104)(H,97,106)(H4,83,84,88)(H4,85,86,89). The summed E-state index contributed by atoms with van der Waals surface area (Å²) in [5.41, 5.74) is 41.3. The van der Waals surface area contributed by atoms with Crippen molar-refractivity contribution >= 4 is 81.8 Å². The van der Waals surface area contributed by atoms with Crippen LogP contribution in [0.15, 0.2) is 40.4 Å². The van der Waals surface area contributed by atoms with Gasteiger partial charge in [-0.3, -0.25) is 57.9 Å². The van der Waals surface area contributed by atoms with Crippen LogP contribution in [0.1, 0.15) is 302 Å². The third kappa shape index (κ3) is 46.8. The number of nitrogens with zero attached hydrogens (tertiary/aromatic N) is 2. The summed E-state index contributed by atoms with van der Waals surface area (Å²) in [5.74, 6) is -6.36. The minimum atomic E-state index is -1.38. The molecule has 608 valence electrons. The van der Waals surface area contributed by atoms with Crippen LogP contribution in [-0.2, 0) is 54.4 Å². The van der Waals surface area contributed by atoms with E-state index >= 15 is 0 Å². The molecule has 28 nitrogen and oxygen atoms in total. The SMILES string of the molecule is CCCCCCCCCCCCCCCC(=O)NCCCCC(NC(=O)CCCCCCCCCCCCCCC)C(=O)NC(CCCCN)C(=O)NC(CCCN=C(N)N)C(=O)NC(CCCCN)C(=O)NC(CCCN=C(N)N)C(=O)NC(Cc1c[nH]c2ccccc12)C(=O)NC(CCC(N)=O)C(C)=O. The van der Waals surface area contributed by atoms with E-state index in [1.54, 1.807) is 6.20 Å². The third-order valence-electron chi connectivity index (χ3n) is 19.4. The average molecular weight is 1500 g/mol. The number of Topliss-reactive ketones (excluding diaryl/α,β-unsaturated/α-hetero) is 1. The number of nitrogens with one attached hydrogen (secondary N) is 9. The van der Waals surface area contributed by atoms with E-state index in [1.807, 2.05) is 24.3 Å². The first-order valence-electron chi connectivity index (χ1n) is 40.9. The lowest BCUT2D eigenvalue weighted by molar-refractivity contribution is -0.136. The molecular weight excluding hydrogens is 1360 g/mol. The minimum Gasteiger partial charge on any atom is -0.370 e. The summed E-state index contributed by atoms with van der Waals surface area (Å²) in [5, 5.41) is 23.6. The van der Waals surface area contributed by atoms with Gasteiger partial charge < -0.3 is 87.7 Å². The Morgan fingerprint density at radius 1 is 0.374 bits per heavy atom. The van der Waals surface area contributed by atoms with Gasteiger partial charge in [-0.1, -0.05) is 186 Å². The molecule has 7 unspecified atom stereocenters. The zero-order valence-electron chi connectivity index (χ0n) is 65.6. The summed E-state index contributed by atoms with van der Waals surface area (Å²) in [7, 11) is 0. The van der Waals surface area contributed by atoms with Gasteiger partial charge in [0.25, 0.3) is 0 Å². The molecule has 0 bridgehead atoms. The summed E-state index contributed by atoms with van der Waals surface area (Å²) in [6.07, 6.45) is 35.9. The van der Waals surface area contributed by atoms with Crippen LogP contribution in [-0.4, -0.2) is 151 Å². The van der Waals surface area contributed by atoms with Crippen molar-refractivity contribution in [3.63, 3.8) is 0 Å². The number of carbonyl (C=O) groups excluding carboxylic acids is 10. The molecule has 2 rings (SSSR count). The number of amides is 9. The molecule has 23 N–H and O–H groups in total. The van der Waals surface area contributed by atoms with Crippen LogP contribution < -0.4 is 82.7 Å². The fourth-order valence-corrected chi connectivity index (χ4v) is 13.0. The number of aromatic nitrogens is 1. The number of nitrogens with two attached hydrogens (primary N) is 7. The lowest BCUT2D eigenvalue weighted by Crippen LogP contribution is -2.60. The van der Waals surface area contributed by atoms with Crippen LogP contribution in [0.25, 0.3) is 10.9 Å². The summed E-state index contributed by atoms with van der Waals surface area (Å²) in [6, 6.07) is -1.49. The maximum absolute atomic E-state index is 14.9. The van der Waals surface area contributed by atoms with Crippen molar-refractivity contribution < 1.29 is 47.9 Å². The Labute approximate surface area is 638 Å². The number of aromatic amines is 1. The predicted octanol–water partition coefficient (Wildman–Crippen LogP) is 7.57. The number of aliphatic imine (C=N–C) groups is 2. The van der Waals surface area contributed by atoms with Gasteiger partial charge in [0.2, 0.25) is 53.2 Å².